The summed E-state index contributed by atoms with van der Waals surface area (Å²) < 4.78 is 22.9. The Bertz CT molecular complexity index is 504. The minimum absolute atomic E-state index is 0.00677. The van der Waals surface area contributed by atoms with Crippen LogP contribution in [0, 0.1) is 5.92 Å². The number of hydrogen-bond acceptors (Lipinski definition) is 4. The number of sulfone groups is 1. The molecular formula is C12H20N2O5S. The summed E-state index contributed by atoms with van der Waals surface area (Å²) in [4.78, 5) is 24.5. The molecule has 2 rings (SSSR count). The molecule has 2 N–H and O–H groups in total. The van der Waals surface area contributed by atoms with Crippen LogP contribution in [0.2, 0.25) is 0 Å². The van der Waals surface area contributed by atoms with E-state index in [1.54, 1.807) is 6.92 Å². The van der Waals surface area contributed by atoms with Gasteiger partial charge in [0.05, 0.1) is 17.4 Å². The molecule has 1 aliphatic heterocycles. The van der Waals surface area contributed by atoms with Crippen molar-refractivity contribution in [3.63, 3.8) is 0 Å². The zero-order valence-electron chi connectivity index (χ0n) is 11.4. The van der Waals surface area contributed by atoms with Crippen LogP contribution in [0.15, 0.2) is 0 Å². The summed E-state index contributed by atoms with van der Waals surface area (Å²) in [6.07, 6.45) is 1.68. The van der Waals surface area contributed by atoms with E-state index in [0.29, 0.717) is 19.3 Å². The van der Waals surface area contributed by atoms with Gasteiger partial charge in [0.25, 0.3) is 0 Å². The number of aliphatic carboxylic acids is 1. The Labute approximate surface area is 118 Å². The third-order valence-electron chi connectivity index (χ3n) is 4.04. The number of urea groups is 1. The molecule has 20 heavy (non-hydrogen) atoms. The molecule has 2 aliphatic rings. The summed E-state index contributed by atoms with van der Waals surface area (Å²) >= 11 is 0. The van der Waals surface area contributed by atoms with Gasteiger partial charge < -0.3 is 15.3 Å². The fourth-order valence-corrected chi connectivity index (χ4v) is 4.45. The maximum absolute atomic E-state index is 12.1. The molecule has 0 spiro atoms. The Kier molecular flexibility index (Phi) is 4.22. The van der Waals surface area contributed by atoms with Gasteiger partial charge in [-0.1, -0.05) is 0 Å². The molecule has 2 fully saturated rings. The monoisotopic (exact) mass is 304 g/mol. The van der Waals surface area contributed by atoms with E-state index in [0.717, 1.165) is 0 Å². The summed E-state index contributed by atoms with van der Waals surface area (Å²) in [7, 11) is -3.05. The van der Waals surface area contributed by atoms with Crippen molar-refractivity contribution in [3.05, 3.63) is 0 Å². The molecule has 0 aromatic heterocycles. The molecule has 1 saturated carbocycles. The largest absolute Gasteiger partial charge is 0.481 e. The van der Waals surface area contributed by atoms with Crippen LogP contribution < -0.4 is 5.32 Å². The molecule has 0 aromatic carbocycles. The smallest absolute Gasteiger partial charge is 0.317 e. The lowest BCUT2D eigenvalue weighted by atomic mass is 10.1. The number of rotatable bonds is 2. The van der Waals surface area contributed by atoms with Crippen molar-refractivity contribution in [1.29, 1.82) is 0 Å². The highest BCUT2D eigenvalue weighted by Gasteiger charge is 2.35. The fraction of sp³-hybridized carbons (Fsp3) is 0.833. The van der Waals surface area contributed by atoms with Gasteiger partial charge in [-0.05, 0) is 26.2 Å². The van der Waals surface area contributed by atoms with Crippen molar-refractivity contribution in [2.45, 2.75) is 38.3 Å². The summed E-state index contributed by atoms with van der Waals surface area (Å²) in [5, 5.41) is 11.7. The van der Waals surface area contributed by atoms with E-state index in [9.17, 15) is 18.0 Å². The normalized spacial score (nSPS) is 32.9. The number of carboxylic acid groups (broad SMARTS) is 1. The molecule has 1 aliphatic carbocycles. The predicted molar refractivity (Wildman–Crippen MR) is 72.1 cm³/mol. The molecule has 8 heteroatoms. The van der Waals surface area contributed by atoms with Crippen LogP contribution in [0.4, 0.5) is 4.79 Å². The maximum atomic E-state index is 12.1. The summed E-state index contributed by atoms with van der Waals surface area (Å²) in [6, 6.07) is -0.761. The molecule has 1 saturated heterocycles. The zero-order valence-corrected chi connectivity index (χ0v) is 12.2. The van der Waals surface area contributed by atoms with E-state index in [1.807, 2.05) is 0 Å². The Hall–Kier alpha value is -1.31. The topological polar surface area (TPSA) is 104 Å². The van der Waals surface area contributed by atoms with Crippen LogP contribution in [0.5, 0.6) is 0 Å². The Morgan fingerprint density at radius 2 is 2.00 bits per heavy atom. The molecule has 0 bridgehead atoms. The standard InChI is InChI=1S/C12H20N2O5S/c1-8-7-20(18,19)5-4-14(8)12(17)13-10-3-2-9(6-10)11(15)16/h8-10H,2-7H2,1H3,(H,13,17)(H,15,16). The summed E-state index contributed by atoms with van der Waals surface area (Å²) in [5.74, 6) is -1.23. The van der Waals surface area contributed by atoms with Gasteiger partial charge in [-0.15, -0.1) is 0 Å². The molecule has 3 atom stereocenters. The molecular weight excluding hydrogens is 284 g/mol. The van der Waals surface area contributed by atoms with Crippen LogP contribution in [0.1, 0.15) is 26.2 Å². The quantitative estimate of drug-likeness (QED) is 0.751. The first-order chi connectivity index (χ1) is 9.28. The zero-order chi connectivity index (χ0) is 14.9. The van der Waals surface area contributed by atoms with Crippen molar-refractivity contribution in [3.8, 4) is 0 Å². The van der Waals surface area contributed by atoms with Crippen LogP contribution in [0.3, 0.4) is 0 Å². The second-order valence-corrected chi connectivity index (χ2v) is 7.88. The number of hydrogen-bond donors (Lipinski definition) is 2. The van der Waals surface area contributed by atoms with Crippen molar-refractivity contribution in [2.24, 2.45) is 5.92 Å². The lowest BCUT2D eigenvalue weighted by Crippen LogP contribution is -2.54. The van der Waals surface area contributed by atoms with Gasteiger partial charge in [0, 0.05) is 18.6 Å². The molecule has 0 radical (unpaired) electrons. The minimum atomic E-state index is -3.05. The second kappa shape index (κ2) is 5.59. The third kappa shape index (κ3) is 3.41. The SMILES string of the molecule is CC1CS(=O)(=O)CCN1C(=O)NC1CCC(C(=O)O)C1. The minimum Gasteiger partial charge on any atom is -0.481 e. The van der Waals surface area contributed by atoms with Crippen LogP contribution in [-0.2, 0) is 14.6 Å². The second-order valence-electron chi connectivity index (χ2n) is 5.65. The van der Waals surface area contributed by atoms with Gasteiger partial charge in [0.2, 0.25) is 0 Å². The number of nitrogens with zero attached hydrogens (tertiary/aromatic N) is 1. The van der Waals surface area contributed by atoms with Gasteiger partial charge >= 0.3 is 12.0 Å². The van der Waals surface area contributed by atoms with E-state index in [2.05, 4.69) is 5.32 Å². The van der Waals surface area contributed by atoms with Crippen LogP contribution >= 0.6 is 0 Å². The molecule has 1 heterocycles. The molecule has 114 valence electrons. The number of carboxylic acids is 1. The highest BCUT2D eigenvalue weighted by atomic mass is 32.2. The Morgan fingerprint density at radius 1 is 1.30 bits per heavy atom. The highest BCUT2D eigenvalue weighted by Crippen LogP contribution is 2.26. The molecule has 7 nitrogen and oxygen atoms in total. The van der Waals surface area contributed by atoms with Crippen LogP contribution in [-0.4, -0.2) is 60.6 Å². The number of carbonyl (C=O) groups is 2. The first-order valence-corrected chi connectivity index (χ1v) is 8.61. The average Bonchev–Trinajstić information content (AvgIpc) is 2.76. The first kappa shape index (κ1) is 15.1. The molecule has 3 unspecified atom stereocenters. The van der Waals surface area contributed by atoms with E-state index >= 15 is 0 Å². The Balaban J connectivity index is 1.88. The van der Waals surface area contributed by atoms with Gasteiger partial charge in [0.1, 0.15) is 0 Å². The maximum Gasteiger partial charge on any atom is 0.317 e. The summed E-state index contributed by atoms with van der Waals surface area (Å²) in [6.45, 7) is 1.91. The molecule has 2 amide bonds. The Morgan fingerprint density at radius 3 is 2.55 bits per heavy atom. The summed E-state index contributed by atoms with van der Waals surface area (Å²) in [5.41, 5.74) is 0. The van der Waals surface area contributed by atoms with E-state index in [1.165, 1.54) is 4.90 Å². The van der Waals surface area contributed by atoms with Crippen LogP contribution in [0.25, 0.3) is 0 Å². The fourth-order valence-electron chi connectivity index (χ4n) is 2.89. The highest BCUT2D eigenvalue weighted by molar-refractivity contribution is 7.91. The average molecular weight is 304 g/mol. The van der Waals surface area contributed by atoms with Crippen molar-refractivity contribution in [1.82, 2.24) is 10.2 Å². The lowest BCUT2D eigenvalue weighted by molar-refractivity contribution is -0.141. The van der Waals surface area contributed by atoms with E-state index in [4.69, 9.17) is 5.11 Å². The number of carbonyl (C=O) groups excluding carboxylic acids is 1. The van der Waals surface area contributed by atoms with Crippen molar-refractivity contribution < 1.29 is 23.1 Å². The number of amides is 2. The van der Waals surface area contributed by atoms with Gasteiger partial charge in [0.15, 0.2) is 9.84 Å². The van der Waals surface area contributed by atoms with Crippen molar-refractivity contribution in [2.75, 3.05) is 18.1 Å². The predicted octanol–water partition coefficient (Wildman–Crippen LogP) is 0.0682. The lowest BCUT2D eigenvalue weighted by Gasteiger charge is -2.34. The molecule has 0 aromatic rings. The van der Waals surface area contributed by atoms with Gasteiger partial charge in [-0.3, -0.25) is 4.79 Å². The number of nitrogens with one attached hydrogen (secondary N) is 1. The first-order valence-electron chi connectivity index (χ1n) is 6.79. The van der Waals surface area contributed by atoms with E-state index < -0.39 is 15.8 Å². The van der Waals surface area contributed by atoms with Crippen molar-refractivity contribution >= 4 is 21.8 Å². The third-order valence-corrected chi connectivity index (χ3v) is 5.84. The van der Waals surface area contributed by atoms with Gasteiger partial charge in [-0.25, -0.2) is 13.2 Å². The van der Waals surface area contributed by atoms with Gasteiger partial charge in [-0.2, -0.15) is 0 Å². The van der Waals surface area contributed by atoms with E-state index in [-0.39, 0.29) is 42.1 Å².